The molecule has 4 fully saturated rings. The second-order valence-electron chi connectivity index (χ2n) is 14.9. The van der Waals surface area contributed by atoms with Gasteiger partial charge in [0, 0.05) is 35.5 Å². The van der Waals surface area contributed by atoms with Crippen LogP contribution in [-0.4, -0.2) is 115 Å². The number of methoxy groups -OCH3 is 1. The van der Waals surface area contributed by atoms with Crippen molar-refractivity contribution in [3.05, 3.63) is 41.5 Å². The molecule has 1 saturated carbocycles. The number of benzene rings is 2. The number of terminal acetylenes is 1. The highest BCUT2D eigenvalue weighted by molar-refractivity contribution is 6.04. The Hall–Kier alpha value is -4.39. The Balaban J connectivity index is 0.000000527. The molecule has 2 aromatic heterocycles. The summed E-state index contributed by atoms with van der Waals surface area (Å²) in [7, 11) is 3.55. The van der Waals surface area contributed by atoms with Gasteiger partial charge in [-0.15, -0.1) is 6.42 Å². The fourth-order valence-electron chi connectivity index (χ4n) is 8.46. The Morgan fingerprint density at radius 2 is 1.77 bits per heavy atom. The van der Waals surface area contributed by atoms with E-state index in [-0.39, 0.29) is 80.9 Å². The van der Waals surface area contributed by atoms with Crippen molar-refractivity contribution in [2.45, 2.75) is 77.7 Å². The fraction of sp³-hybridized carbons (Fsp3) is 0.548. The van der Waals surface area contributed by atoms with Crippen molar-refractivity contribution in [2.75, 3.05) is 71.7 Å². The molecule has 0 bridgehead atoms. The summed E-state index contributed by atoms with van der Waals surface area (Å²) in [5.74, 6) is 0.631. The lowest BCUT2D eigenvalue weighted by atomic mass is 9.76. The number of pyridine rings is 1. The number of aromatic hydroxyl groups is 1. The summed E-state index contributed by atoms with van der Waals surface area (Å²) < 4.78 is 59.9. The van der Waals surface area contributed by atoms with E-state index in [0.717, 1.165) is 51.9 Å². The fourth-order valence-corrected chi connectivity index (χ4v) is 8.46. The summed E-state index contributed by atoms with van der Waals surface area (Å²) in [5.41, 5.74) is -0.456. The summed E-state index contributed by atoms with van der Waals surface area (Å²) in [6.45, 7) is 11.7. The number of rotatable bonds is 6. The second-order valence-corrected chi connectivity index (χ2v) is 14.9. The van der Waals surface area contributed by atoms with E-state index in [0.29, 0.717) is 31.2 Å². The monoisotopic (exact) mass is 777 g/mol. The standard InChI is InChI=1S/C35H37F2N5O5.C5H10O2.C2H6/c1-4-23-25(36)9-8-20-15-21(43)16-24(27(20)23)30-29(37)31-28(33(38-30)45-3)32(42-13-14-46-18-22(44)17-42)40-34(39-31)47-19-35-10-5-7-26(35)41(2)12-6-11-35;1-5(2)6-3-4-7-5;1-2/h1,8-9,15-16,22,26,43-44H,5-7,10-14,17-19H2,2-3H3;3-4H2,1-2H3;1-2H3. The number of anilines is 1. The average Bonchev–Trinajstić information content (AvgIpc) is 3.75. The number of halogens is 2. The average molecular weight is 778 g/mol. The molecule has 1 aliphatic carbocycles. The van der Waals surface area contributed by atoms with E-state index in [4.69, 9.17) is 35.1 Å². The molecular formula is C42H53F2N5O7. The van der Waals surface area contributed by atoms with Crippen LogP contribution in [-0.2, 0) is 14.2 Å². The molecule has 14 heteroatoms. The highest BCUT2D eigenvalue weighted by Crippen LogP contribution is 2.48. The zero-order valence-corrected chi connectivity index (χ0v) is 33.2. The number of hydrogen-bond donors (Lipinski definition) is 2. The maximum atomic E-state index is 17.0. The highest BCUT2D eigenvalue weighted by atomic mass is 19.1. The normalized spacial score (nSPS) is 23.3. The van der Waals surface area contributed by atoms with E-state index in [2.05, 4.69) is 27.8 Å². The van der Waals surface area contributed by atoms with Crippen molar-refractivity contribution in [3.8, 4) is 41.2 Å². The number of phenolic OH excluding ortho intramolecular Hbond substituents is 1. The number of β-amino-alcohol motifs (C(OH)–C–C–N with tert-alkyl or cyclic N) is 1. The van der Waals surface area contributed by atoms with E-state index in [1.165, 1.54) is 31.4 Å². The maximum absolute atomic E-state index is 17.0. The van der Waals surface area contributed by atoms with Gasteiger partial charge in [-0.1, -0.05) is 32.3 Å². The summed E-state index contributed by atoms with van der Waals surface area (Å²) in [6.07, 6.45) is 10.2. The zero-order valence-electron chi connectivity index (χ0n) is 33.2. The van der Waals surface area contributed by atoms with Gasteiger partial charge in [0.05, 0.1) is 51.8 Å². The molecule has 4 aromatic rings. The van der Waals surface area contributed by atoms with Crippen LogP contribution in [0.1, 0.15) is 65.4 Å². The molecule has 2 N–H and O–H groups in total. The van der Waals surface area contributed by atoms with Crippen LogP contribution < -0.4 is 14.4 Å². The SMILES string of the molecule is C#Cc1c(F)ccc2cc(O)cc(-c3nc(OC)c4c(N5CCOCC(O)C5)nc(OCC56CCCC5N(C)CCC6)nc4c3F)c12.CC.CC1(C)OCCO1. The van der Waals surface area contributed by atoms with Crippen molar-refractivity contribution >= 4 is 27.5 Å². The molecule has 2 aromatic carbocycles. The van der Waals surface area contributed by atoms with Gasteiger partial charge in [0.25, 0.3) is 0 Å². The second kappa shape index (κ2) is 17.4. The zero-order chi connectivity index (χ0) is 40.2. The molecule has 12 nitrogen and oxygen atoms in total. The van der Waals surface area contributed by atoms with Crippen LogP contribution in [0, 0.1) is 29.4 Å². The Morgan fingerprint density at radius 1 is 1.02 bits per heavy atom. The van der Waals surface area contributed by atoms with Crippen LogP contribution in [0.25, 0.3) is 32.9 Å². The van der Waals surface area contributed by atoms with Crippen molar-refractivity contribution in [2.24, 2.45) is 5.41 Å². The molecule has 0 spiro atoms. The minimum atomic E-state index is -0.852. The molecule has 56 heavy (non-hydrogen) atoms. The molecule has 5 heterocycles. The molecular weight excluding hydrogens is 724 g/mol. The van der Waals surface area contributed by atoms with Gasteiger partial charge in [-0.3, -0.25) is 0 Å². The Bertz CT molecular complexity index is 2070. The lowest BCUT2D eigenvalue weighted by Crippen LogP contribution is -2.50. The molecule has 302 valence electrons. The molecule has 4 aliphatic rings. The third-order valence-electron chi connectivity index (χ3n) is 11.0. The molecule has 3 aliphatic heterocycles. The summed E-state index contributed by atoms with van der Waals surface area (Å²) in [4.78, 5) is 18.1. The van der Waals surface area contributed by atoms with Crippen molar-refractivity contribution in [3.63, 3.8) is 0 Å². The van der Waals surface area contributed by atoms with Crippen LogP contribution in [0.5, 0.6) is 17.6 Å². The summed E-state index contributed by atoms with van der Waals surface area (Å²) in [5, 5.41) is 22.0. The Kier molecular flexibility index (Phi) is 12.8. The van der Waals surface area contributed by atoms with Crippen LogP contribution >= 0.6 is 0 Å². The third-order valence-corrected chi connectivity index (χ3v) is 11.0. The number of fused-ring (bicyclic) bond motifs is 3. The first-order valence-corrected chi connectivity index (χ1v) is 19.4. The number of aromatic nitrogens is 3. The molecule has 8 rings (SSSR count). The van der Waals surface area contributed by atoms with Gasteiger partial charge in [0.1, 0.15) is 34.0 Å². The number of aliphatic hydroxyl groups excluding tert-OH is 1. The van der Waals surface area contributed by atoms with Crippen molar-refractivity contribution in [1.82, 2.24) is 19.9 Å². The predicted octanol–water partition coefficient (Wildman–Crippen LogP) is 6.46. The molecule has 3 atom stereocenters. The van der Waals surface area contributed by atoms with Crippen LogP contribution in [0.3, 0.4) is 0 Å². The number of likely N-dealkylation sites (tertiary alicyclic amines) is 1. The van der Waals surface area contributed by atoms with Crippen LogP contribution in [0.4, 0.5) is 14.6 Å². The number of aliphatic hydroxyl groups is 1. The minimum absolute atomic E-state index is 0.00360. The van der Waals surface area contributed by atoms with E-state index in [1.54, 1.807) is 4.90 Å². The van der Waals surface area contributed by atoms with E-state index >= 15 is 4.39 Å². The van der Waals surface area contributed by atoms with Gasteiger partial charge >= 0.3 is 6.01 Å². The third kappa shape index (κ3) is 8.33. The topological polar surface area (TPSA) is 132 Å². The number of hydrogen-bond acceptors (Lipinski definition) is 12. The van der Waals surface area contributed by atoms with E-state index in [1.807, 2.05) is 27.7 Å². The maximum Gasteiger partial charge on any atom is 0.319 e. The Labute approximate surface area is 327 Å². The van der Waals surface area contributed by atoms with Crippen LogP contribution in [0.2, 0.25) is 0 Å². The van der Waals surface area contributed by atoms with Crippen molar-refractivity contribution < 1.29 is 42.7 Å². The minimum Gasteiger partial charge on any atom is -0.508 e. The first kappa shape index (κ1) is 41.2. The first-order valence-electron chi connectivity index (χ1n) is 19.4. The van der Waals surface area contributed by atoms with Gasteiger partial charge in [-0.2, -0.15) is 9.97 Å². The number of ether oxygens (including phenoxy) is 5. The lowest BCUT2D eigenvalue weighted by molar-refractivity contribution is -0.125. The van der Waals surface area contributed by atoms with E-state index in [9.17, 15) is 14.6 Å². The highest BCUT2D eigenvalue weighted by Gasteiger charge is 2.47. The molecule has 0 radical (unpaired) electrons. The smallest absolute Gasteiger partial charge is 0.319 e. The van der Waals surface area contributed by atoms with Crippen molar-refractivity contribution in [1.29, 1.82) is 0 Å². The van der Waals surface area contributed by atoms with Gasteiger partial charge in [-0.05, 0) is 76.7 Å². The lowest BCUT2D eigenvalue weighted by Gasteiger charge is -2.44. The molecule has 0 amide bonds. The van der Waals surface area contributed by atoms with Gasteiger partial charge in [-0.25, -0.2) is 13.8 Å². The predicted molar refractivity (Wildman–Crippen MR) is 210 cm³/mol. The summed E-state index contributed by atoms with van der Waals surface area (Å²) in [6, 6.07) is 5.74. The quantitative estimate of drug-likeness (QED) is 0.209. The number of nitrogens with zero attached hydrogens (tertiary/aromatic N) is 5. The first-order chi connectivity index (χ1) is 26.9. The Morgan fingerprint density at radius 3 is 2.46 bits per heavy atom. The largest absolute Gasteiger partial charge is 0.508 e. The van der Waals surface area contributed by atoms with Gasteiger partial charge in [0.15, 0.2) is 11.6 Å². The molecule has 3 unspecified atom stereocenters. The molecule has 3 saturated heterocycles. The number of phenols is 1. The number of piperidine rings is 1. The van der Waals surface area contributed by atoms with E-state index < -0.39 is 17.7 Å². The summed E-state index contributed by atoms with van der Waals surface area (Å²) >= 11 is 0. The van der Waals surface area contributed by atoms with Gasteiger partial charge < -0.3 is 43.7 Å². The van der Waals surface area contributed by atoms with Gasteiger partial charge in [0.2, 0.25) is 5.88 Å². The van der Waals surface area contributed by atoms with Crippen LogP contribution in [0.15, 0.2) is 24.3 Å².